The van der Waals surface area contributed by atoms with Gasteiger partial charge in [-0.3, -0.25) is 4.72 Å². The van der Waals surface area contributed by atoms with Crippen molar-refractivity contribution in [3.63, 3.8) is 0 Å². The molecule has 0 amide bonds. The summed E-state index contributed by atoms with van der Waals surface area (Å²) >= 11 is 0. The van der Waals surface area contributed by atoms with Gasteiger partial charge in [-0.1, -0.05) is 61.9 Å². The van der Waals surface area contributed by atoms with E-state index in [4.69, 9.17) is 0 Å². The summed E-state index contributed by atoms with van der Waals surface area (Å²) in [5, 5.41) is 14.1. The Morgan fingerprint density at radius 2 is 1.69 bits per heavy atom. The molecule has 0 bridgehead atoms. The summed E-state index contributed by atoms with van der Waals surface area (Å²) in [4.78, 5) is 8.36. The van der Waals surface area contributed by atoms with E-state index >= 15 is 0 Å². The van der Waals surface area contributed by atoms with Gasteiger partial charge in [0.2, 0.25) is 5.82 Å². The number of H-pyrrole nitrogens is 1. The van der Waals surface area contributed by atoms with Crippen molar-refractivity contribution < 1.29 is 21.6 Å². The zero-order valence-corrected chi connectivity index (χ0v) is 20.2. The van der Waals surface area contributed by atoms with Gasteiger partial charge in [0, 0.05) is 23.2 Å². The summed E-state index contributed by atoms with van der Waals surface area (Å²) in [7, 11) is -5.64. The highest BCUT2D eigenvalue weighted by atomic mass is 32.2. The molecular formula is C23H22F3N7O2S. The first-order chi connectivity index (χ1) is 17.1. The summed E-state index contributed by atoms with van der Waals surface area (Å²) in [6, 6.07) is 14.9. The van der Waals surface area contributed by atoms with E-state index in [1.807, 2.05) is 55.5 Å². The van der Waals surface area contributed by atoms with Gasteiger partial charge < -0.3 is 0 Å². The number of hydrogen-bond donors (Lipinski definition) is 2. The highest BCUT2D eigenvalue weighted by Crippen LogP contribution is 2.32. The monoisotopic (exact) mass is 517 g/mol. The quantitative estimate of drug-likeness (QED) is 0.354. The van der Waals surface area contributed by atoms with Crippen LogP contribution in [0.15, 0.2) is 48.5 Å². The van der Waals surface area contributed by atoms with Crippen LogP contribution < -0.4 is 4.72 Å². The Morgan fingerprint density at radius 3 is 2.31 bits per heavy atom. The maximum Gasteiger partial charge on any atom is 0.516 e. The Hall–Kier alpha value is -3.87. The first-order valence-corrected chi connectivity index (χ1v) is 12.4. The summed E-state index contributed by atoms with van der Waals surface area (Å²) < 4.78 is 64.4. The van der Waals surface area contributed by atoms with Gasteiger partial charge in [-0.25, -0.2) is 9.97 Å². The molecule has 0 aliphatic carbocycles. The largest absolute Gasteiger partial charge is 0.516 e. The molecule has 0 saturated heterocycles. The van der Waals surface area contributed by atoms with Crippen LogP contribution in [0.4, 0.5) is 19.0 Å². The molecule has 36 heavy (non-hydrogen) atoms. The van der Waals surface area contributed by atoms with Crippen LogP contribution in [0.3, 0.4) is 0 Å². The van der Waals surface area contributed by atoms with Crippen molar-refractivity contribution in [1.29, 1.82) is 0 Å². The van der Waals surface area contributed by atoms with Crippen LogP contribution in [-0.2, 0) is 22.9 Å². The van der Waals surface area contributed by atoms with Gasteiger partial charge >= 0.3 is 15.5 Å². The minimum absolute atomic E-state index is 0.137. The first kappa shape index (κ1) is 25.2. The number of tetrazole rings is 1. The highest BCUT2D eigenvalue weighted by Gasteiger charge is 2.46. The first-order valence-electron chi connectivity index (χ1n) is 11.0. The molecule has 0 atom stereocenters. The van der Waals surface area contributed by atoms with E-state index in [2.05, 4.69) is 30.6 Å². The van der Waals surface area contributed by atoms with E-state index in [0.29, 0.717) is 29.9 Å². The number of halogens is 3. The third-order valence-electron chi connectivity index (χ3n) is 5.39. The Kier molecular flexibility index (Phi) is 7.02. The molecule has 2 aromatic carbocycles. The second-order valence-electron chi connectivity index (χ2n) is 8.00. The number of aromatic amines is 1. The van der Waals surface area contributed by atoms with Crippen molar-refractivity contribution in [3.8, 4) is 22.5 Å². The number of nitrogens with zero attached hydrogens (tertiary/aromatic N) is 5. The minimum atomic E-state index is -5.64. The zero-order chi connectivity index (χ0) is 25.9. The lowest BCUT2D eigenvalue weighted by molar-refractivity contribution is -0.0429. The lowest BCUT2D eigenvalue weighted by atomic mass is 9.96. The van der Waals surface area contributed by atoms with Crippen molar-refractivity contribution >= 4 is 15.8 Å². The molecule has 0 aliphatic rings. The number of anilines is 1. The zero-order valence-electron chi connectivity index (χ0n) is 19.3. The van der Waals surface area contributed by atoms with Crippen molar-refractivity contribution in [1.82, 2.24) is 30.6 Å². The maximum atomic E-state index is 13.1. The molecule has 0 saturated carbocycles. The Labute approximate surface area is 205 Å². The van der Waals surface area contributed by atoms with Crippen LogP contribution >= 0.6 is 0 Å². The molecule has 4 aromatic rings. The molecular weight excluding hydrogens is 495 g/mol. The third kappa shape index (κ3) is 5.35. The van der Waals surface area contributed by atoms with Crippen LogP contribution in [0.25, 0.3) is 22.5 Å². The maximum absolute atomic E-state index is 13.1. The van der Waals surface area contributed by atoms with Crippen molar-refractivity contribution in [2.24, 2.45) is 0 Å². The molecule has 188 valence electrons. The average Bonchev–Trinajstić information content (AvgIpc) is 3.36. The smallest absolute Gasteiger partial charge is 0.259 e. The Morgan fingerprint density at radius 1 is 1.00 bits per heavy atom. The molecule has 9 nitrogen and oxygen atoms in total. The van der Waals surface area contributed by atoms with E-state index in [1.54, 1.807) is 4.72 Å². The van der Waals surface area contributed by atoms with Gasteiger partial charge in [-0.2, -0.15) is 26.8 Å². The highest BCUT2D eigenvalue weighted by molar-refractivity contribution is 7.93. The van der Waals surface area contributed by atoms with Gasteiger partial charge in [0.05, 0.1) is 0 Å². The molecule has 0 spiro atoms. The molecule has 13 heteroatoms. The Balaban J connectivity index is 1.70. The molecule has 0 radical (unpaired) electrons. The predicted molar refractivity (Wildman–Crippen MR) is 127 cm³/mol. The lowest BCUT2D eigenvalue weighted by Gasteiger charge is -2.17. The summed E-state index contributed by atoms with van der Waals surface area (Å²) in [6.45, 7) is 3.40. The molecule has 0 aliphatic heterocycles. The number of nitrogens with one attached hydrogen (secondary N) is 2. The number of rotatable bonds is 8. The lowest BCUT2D eigenvalue weighted by Crippen LogP contribution is -2.31. The van der Waals surface area contributed by atoms with Crippen molar-refractivity contribution in [2.45, 2.75) is 38.6 Å². The van der Waals surface area contributed by atoms with Gasteiger partial charge in [0.1, 0.15) is 11.6 Å². The fraction of sp³-hybridized carbons (Fsp3) is 0.261. The van der Waals surface area contributed by atoms with Crippen LogP contribution in [0, 0.1) is 6.92 Å². The summed E-state index contributed by atoms with van der Waals surface area (Å²) in [5.74, 6) is 0.252. The number of sulfonamides is 1. The van der Waals surface area contributed by atoms with Gasteiger partial charge in [-0.15, -0.1) is 10.2 Å². The van der Waals surface area contributed by atoms with Gasteiger partial charge in [0.15, 0.2) is 0 Å². The molecule has 2 aromatic heterocycles. The molecule has 0 unspecified atom stereocenters. The van der Waals surface area contributed by atoms with E-state index in [0.717, 1.165) is 22.3 Å². The molecule has 2 heterocycles. The van der Waals surface area contributed by atoms with Crippen LogP contribution in [0.1, 0.15) is 36.0 Å². The molecule has 4 rings (SSSR count). The van der Waals surface area contributed by atoms with Crippen LogP contribution in [0.5, 0.6) is 0 Å². The van der Waals surface area contributed by atoms with Gasteiger partial charge in [-0.05, 0) is 35.2 Å². The van der Waals surface area contributed by atoms with E-state index in [-0.39, 0.29) is 18.1 Å². The summed E-state index contributed by atoms with van der Waals surface area (Å²) in [5.41, 5.74) is -1.41. The van der Waals surface area contributed by atoms with E-state index in [1.165, 1.54) is 6.92 Å². The minimum Gasteiger partial charge on any atom is -0.259 e. The number of aromatic nitrogens is 6. The SMILES string of the molecule is CCCc1nc(C)nc(NS(=O)(=O)C(F)(F)F)c1Cc1ccc(-c2ccccc2-c2nn[nH]n2)cc1. The van der Waals surface area contributed by atoms with Crippen LogP contribution in [0.2, 0.25) is 0 Å². The fourth-order valence-corrected chi connectivity index (χ4v) is 4.30. The normalized spacial score (nSPS) is 12.0. The predicted octanol–water partition coefficient (Wildman–Crippen LogP) is 4.44. The van der Waals surface area contributed by atoms with Crippen molar-refractivity contribution in [2.75, 3.05) is 4.72 Å². The average molecular weight is 518 g/mol. The van der Waals surface area contributed by atoms with E-state index in [9.17, 15) is 21.6 Å². The molecule has 2 N–H and O–H groups in total. The number of hydrogen-bond acceptors (Lipinski definition) is 7. The third-order valence-corrected chi connectivity index (χ3v) is 6.46. The van der Waals surface area contributed by atoms with Crippen LogP contribution in [-0.4, -0.2) is 44.5 Å². The number of aryl methyl sites for hydroxylation is 2. The second-order valence-corrected chi connectivity index (χ2v) is 9.67. The van der Waals surface area contributed by atoms with Gasteiger partial charge in [0.25, 0.3) is 0 Å². The number of alkyl halides is 3. The van der Waals surface area contributed by atoms with E-state index < -0.39 is 15.5 Å². The standard InChI is InChI=1S/C23H22F3N7O2S/c1-3-6-20-19(21(28-14(2)27-20)31-36(34,35)23(24,25)26)13-15-9-11-16(12-10-15)17-7-4-5-8-18(17)22-29-32-33-30-22/h4-5,7-12H,3,6,13H2,1-2H3,(H,27,28,31)(H,29,30,32,33). The second kappa shape index (κ2) is 10.0. The fourth-order valence-electron chi connectivity index (χ4n) is 3.76. The topological polar surface area (TPSA) is 126 Å². The Bertz CT molecular complexity index is 1460. The summed E-state index contributed by atoms with van der Waals surface area (Å²) in [6.07, 6.45) is 1.26. The molecule has 0 fully saturated rings. The number of benzene rings is 2. The van der Waals surface area contributed by atoms with Crippen molar-refractivity contribution in [3.05, 3.63) is 71.2 Å².